The van der Waals surface area contributed by atoms with Crippen LogP contribution in [0, 0.1) is 0 Å². The molecule has 0 aliphatic heterocycles. The summed E-state index contributed by atoms with van der Waals surface area (Å²) in [7, 11) is 1.59. The number of hydrogen-bond acceptors (Lipinski definition) is 6. The average molecular weight is 392 g/mol. The summed E-state index contributed by atoms with van der Waals surface area (Å²) in [6.07, 6.45) is 0.138. The number of aromatic nitrogens is 2. The molecule has 1 aliphatic carbocycles. The third-order valence-corrected chi connectivity index (χ3v) is 4.95. The van der Waals surface area contributed by atoms with E-state index in [2.05, 4.69) is 15.5 Å². The normalized spacial score (nSPS) is 13.0. The summed E-state index contributed by atoms with van der Waals surface area (Å²) in [4.78, 5) is 25.5. The van der Waals surface area contributed by atoms with Crippen LogP contribution in [0.15, 0.2) is 42.5 Å². The summed E-state index contributed by atoms with van der Waals surface area (Å²) in [5, 5.41) is 19.0. The maximum Gasteiger partial charge on any atom is 0.241 e. The van der Waals surface area contributed by atoms with Gasteiger partial charge in [0.2, 0.25) is 5.91 Å². The Hall–Kier alpha value is -3.49. The zero-order valence-electron chi connectivity index (χ0n) is 15.7. The summed E-state index contributed by atoms with van der Waals surface area (Å²) in [5.74, 6) is 0.0327. The first-order chi connectivity index (χ1) is 14.0. The van der Waals surface area contributed by atoms with Crippen LogP contribution < -0.4 is 15.8 Å². The molecule has 0 saturated heterocycles. The second kappa shape index (κ2) is 7.50. The Kier molecular flexibility index (Phi) is 4.87. The molecule has 1 unspecified atom stereocenters. The maximum absolute atomic E-state index is 13.3. The van der Waals surface area contributed by atoms with E-state index >= 15 is 0 Å². The van der Waals surface area contributed by atoms with Crippen LogP contribution in [-0.4, -0.2) is 46.8 Å². The predicted octanol–water partition coefficient (Wildman–Crippen LogP) is 1.94. The smallest absolute Gasteiger partial charge is 0.241 e. The number of benzene rings is 2. The highest BCUT2D eigenvalue weighted by atomic mass is 16.5. The molecule has 2 aromatic carbocycles. The van der Waals surface area contributed by atoms with Crippen molar-refractivity contribution >= 4 is 17.4 Å². The van der Waals surface area contributed by atoms with E-state index in [1.54, 1.807) is 37.4 Å². The van der Waals surface area contributed by atoms with Crippen molar-refractivity contribution in [2.24, 2.45) is 5.73 Å². The lowest BCUT2D eigenvalue weighted by molar-refractivity contribution is -0.117. The van der Waals surface area contributed by atoms with E-state index in [9.17, 15) is 9.59 Å². The zero-order valence-corrected chi connectivity index (χ0v) is 15.7. The van der Waals surface area contributed by atoms with Crippen LogP contribution >= 0.6 is 0 Å². The van der Waals surface area contributed by atoms with Crippen molar-refractivity contribution in [1.82, 2.24) is 10.2 Å². The van der Waals surface area contributed by atoms with Gasteiger partial charge in [-0.05, 0) is 36.8 Å². The molecule has 0 bridgehead atoms. The zero-order chi connectivity index (χ0) is 20.5. The van der Waals surface area contributed by atoms with Gasteiger partial charge in [-0.2, -0.15) is 5.10 Å². The number of hydrogen-bond donors (Lipinski definition) is 4. The number of amides is 1. The van der Waals surface area contributed by atoms with Crippen molar-refractivity contribution in [3.05, 3.63) is 53.6 Å². The Morgan fingerprint density at radius 2 is 2.00 bits per heavy atom. The summed E-state index contributed by atoms with van der Waals surface area (Å²) >= 11 is 0. The summed E-state index contributed by atoms with van der Waals surface area (Å²) in [5.41, 5.74) is 9.62. The van der Waals surface area contributed by atoms with Gasteiger partial charge in [-0.25, -0.2) is 0 Å². The minimum absolute atomic E-state index is 0.138. The topological polar surface area (TPSA) is 130 Å². The van der Waals surface area contributed by atoms with Gasteiger partial charge in [0, 0.05) is 17.7 Å². The molecule has 0 spiro atoms. The Balaban J connectivity index is 1.71. The molecule has 4 rings (SSSR count). The molecule has 3 aromatic rings. The van der Waals surface area contributed by atoms with Gasteiger partial charge in [0.25, 0.3) is 0 Å². The quantitative estimate of drug-likeness (QED) is 0.397. The van der Waals surface area contributed by atoms with Crippen molar-refractivity contribution < 1.29 is 19.4 Å². The molecule has 1 heterocycles. The Bertz CT molecular complexity index is 1090. The highest BCUT2D eigenvalue weighted by molar-refractivity contribution is 6.27. The number of rotatable bonds is 6. The van der Waals surface area contributed by atoms with E-state index < -0.39 is 11.9 Å². The summed E-state index contributed by atoms with van der Waals surface area (Å²) < 4.78 is 5.18. The van der Waals surface area contributed by atoms with Gasteiger partial charge in [-0.15, -0.1) is 0 Å². The lowest BCUT2D eigenvalue weighted by Gasteiger charge is -2.13. The van der Waals surface area contributed by atoms with Gasteiger partial charge < -0.3 is 20.9 Å². The number of nitrogens with zero attached hydrogens (tertiary/aromatic N) is 1. The second-order valence-corrected chi connectivity index (χ2v) is 6.72. The summed E-state index contributed by atoms with van der Waals surface area (Å²) in [6, 6.07) is 11.6. The first-order valence-electron chi connectivity index (χ1n) is 9.13. The fourth-order valence-electron chi connectivity index (χ4n) is 3.45. The third-order valence-electron chi connectivity index (χ3n) is 4.95. The fraction of sp³-hybridized carbons (Fsp3) is 0.190. The standard InChI is InChI=1S/C21H20N4O4/c1-29-12-7-5-11(6-8-12)18-17-19(25-24-18)13-3-2-4-15(16(13)20(17)27)23-21(28)14(22)9-10-26/h2-8,14,26H,9-10,22H2,1H3,(H,23,28)(H,24,25). The van der Waals surface area contributed by atoms with E-state index in [1.165, 1.54) is 0 Å². The number of aliphatic hydroxyl groups is 1. The van der Waals surface area contributed by atoms with E-state index in [0.717, 1.165) is 5.56 Å². The number of carbonyl (C=O) groups is 2. The number of nitrogens with one attached hydrogen (secondary N) is 2. The number of methoxy groups -OCH3 is 1. The van der Waals surface area contributed by atoms with E-state index in [0.29, 0.717) is 39.5 Å². The van der Waals surface area contributed by atoms with Gasteiger partial charge in [0.15, 0.2) is 5.78 Å². The molecule has 8 nitrogen and oxygen atoms in total. The molecule has 1 aromatic heterocycles. The van der Waals surface area contributed by atoms with Gasteiger partial charge in [-0.1, -0.05) is 12.1 Å². The lowest BCUT2D eigenvalue weighted by atomic mass is 10.0. The van der Waals surface area contributed by atoms with Crippen LogP contribution in [0.3, 0.4) is 0 Å². The van der Waals surface area contributed by atoms with E-state index in [4.69, 9.17) is 15.6 Å². The van der Waals surface area contributed by atoms with Gasteiger partial charge in [0.05, 0.1) is 35.7 Å². The van der Waals surface area contributed by atoms with E-state index in [-0.39, 0.29) is 18.8 Å². The van der Waals surface area contributed by atoms with Crippen molar-refractivity contribution in [3.8, 4) is 28.3 Å². The van der Waals surface area contributed by atoms with Crippen molar-refractivity contribution in [1.29, 1.82) is 0 Å². The summed E-state index contributed by atoms with van der Waals surface area (Å²) in [6.45, 7) is -0.193. The molecule has 0 saturated carbocycles. The molecule has 1 aliphatic rings. The number of nitrogens with two attached hydrogens (primary N) is 1. The van der Waals surface area contributed by atoms with E-state index in [1.807, 2.05) is 12.1 Å². The first kappa shape index (κ1) is 18.9. The monoisotopic (exact) mass is 392 g/mol. The number of H-pyrrole nitrogens is 1. The molecular formula is C21H20N4O4. The molecular weight excluding hydrogens is 372 g/mol. The SMILES string of the molecule is COc1ccc(-c2n[nH]c3c2C(=O)c2c(NC(=O)C(N)CCO)cccc2-3)cc1. The molecule has 8 heteroatoms. The van der Waals surface area contributed by atoms with Crippen molar-refractivity contribution in [3.63, 3.8) is 0 Å². The highest BCUT2D eigenvalue weighted by Crippen LogP contribution is 2.43. The van der Waals surface area contributed by atoms with Crippen LogP contribution in [0.1, 0.15) is 22.3 Å². The van der Waals surface area contributed by atoms with Crippen molar-refractivity contribution in [2.45, 2.75) is 12.5 Å². The Labute approximate surface area is 166 Å². The van der Waals surface area contributed by atoms with Gasteiger partial charge >= 0.3 is 0 Å². The number of ketones is 1. The van der Waals surface area contributed by atoms with Gasteiger partial charge in [0.1, 0.15) is 11.4 Å². The molecule has 5 N–H and O–H groups in total. The van der Waals surface area contributed by atoms with Crippen LogP contribution in [0.25, 0.3) is 22.5 Å². The maximum atomic E-state index is 13.3. The Morgan fingerprint density at radius 3 is 2.69 bits per heavy atom. The highest BCUT2D eigenvalue weighted by Gasteiger charge is 2.35. The lowest BCUT2D eigenvalue weighted by Crippen LogP contribution is -2.36. The number of aromatic amines is 1. The second-order valence-electron chi connectivity index (χ2n) is 6.72. The van der Waals surface area contributed by atoms with Crippen LogP contribution in [-0.2, 0) is 4.79 Å². The van der Waals surface area contributed by atoms with Gasteiger partial charge in [-0.3, -0.25) is 14.7 Å². The number of ether oxygens (including phenoxy) is 1. The van der Waals surface area contributed by atoms with Crippen LogP contribution in [0.4, 0.5) is 5.69 Å². The molecule has 29 heavy (non-hydrogen) atoms. The Morgan fingerprint density at radius 1 is 1.24 bits per heavy atom. The average Bonchev–Trinajstić information content (AvgIpc) is 3.29. The largest absolute Gasteiger partial charge is 0.497 e. The van der Waals surface area contributed by atoms with Crippen LogP contribution in [0.5, 0.6) is 5.75 Å². The minimum atomic E-state index is -0.860. The third kappa shape index (κ3) is 3.18. The minimum Gasteiger partial charge on any atom is -0.497 e. The fourth-order valence-corrected chi connectivity index (χ4v) is 3.45. The molecule has 148 valence electrons. The number of anilines is 1. The predicted molar refractivity (Wildman–Crippen MR) is 108 cm³/mol. The first-order valence-corrected chi connectivity index (χ1v) is 9.13. The van der Waals surface area contributed by atoms with Crippen molar-refractivity contribution in [2.75, 3.05) is 19.0 Å². The number of aliphatic hydroxyl groups excluding tert-OH is 1. The number of carbonyl (C=O) groups excluding carboxylic acids is 2. The molecule has 0 radical (unpaired) electrons. The molecule has 1 atom stereocenters. The van der Waals surface area contributed by atoms with Crippen LogP contribution in [0.2, 0.25) is 0 Å². The molecule has 0 fully saturated rings. The number of fused-ring (bicyclic) bond motifs is 3. The molecule has 1 amide bonds.